The van der Waals surface area contributed by atoms with Crippen molar-refractivity contribution in [3.63, 3.8) is 0 Å². The van der Waals surface area contributed by atoms with E-state index in [0.29, 0.717) is 18.4 Å². The fraction of sp³-hybridized carbons (Fsp3) is 0.720. The highest BCUT2D eigenvalue weighted by molar-refractivity contribution is 5.69. The van der Waals surface area contributed by atoms with E-state index in [-0.39, 0.29) is 11.4 Å². The SMILES string of the molecule is COC(=O)CCN1CCC(CN[C@@H]2C[C@H]2c2ccccc2)(COCC2CCC2)CC1. The summed E-state index contributed by atoms with van der Waals surface area (Å²) in [5, 5.41) is 3.88. The van der Waals surface area contributed by atoms with Crippen LogP contribution in [0.25, 0.3) is 0 Å². The van der Waals surface area contributed by atoms with Crippen molar-refractivity contribution in [1.82, 2.24) is 10.2 Å². The number of methoxy groups -OCH3 is 1. The molecule has 0 spiro atoms. The Morgan fingerprint density at radius 2 is 1.97 bits per heavy atom. The molecule has 3 aliphatic rings. The van der Waals surface area contributed by atoms with Crippen molar-refractivity contribution < 1.29 is 14.3 Å². The van der Waals surface area contributed by atoms with E-state index in [4.69, 9.17) is 9.47 Å². The summed E-state index contributed by atoms with van der Waals surface area (Å²) in [4.78, 5) is 13.9. The molecule has 2 saturated carbocycles. The molecule has 1 saturated heterocycles. The largest absolute Gasteiger partial charge is 0.469 e. The third kappa shape index (κ3) is 5.83. The zero-order valence-corrected chi connectivity index (χ0v) is 18.5. The number of benzene rings is 1. The van der Waals surface area contributed by atoms with Crippen molar-refractivity contribution in [3.05, 3.63) is 35.9 Å². The first kappa shape index (κ1) is 21.8. The van der Waals surface area contributed by atoms with Gasteiger partial charge in [-0.15, -0.1) is 0 Å². The molecule has 0 aromatic heterocycles. The number of nitrogens with zero attached hydrogens (tertiary/aromatic N) is 1. The topological polar surface area (TPSA) is 50.8 Å². The third-order valence-corrected chi connectivity index (χ3v) is 7.52. The normalized spacial score (nSPS) is 26.2. The Morgan fingerprint density at radius 3 is 2.63 bits per heavy atom. The van der Waals surface area contributed by atoms with Gasteiger partial charge in [0.15, 0.2) is 0 Å². The van der Waals surface area contributed by atoms with Gasteiger partial charge in [0.2, 0.25) is 0 Å². The summed E-state index contributed by atoms with van der Waals surface area (Å²) in [7, 11) is 1.47. The minimum absolute atomic E-state index is 0.113. The molecule has 0 unspecified atom stereocenters. The molecule has 5 heteroatoms. The monoisotopic (exact) mass is 414 g/mol. The number of esters is 1. The van der Waals surface area contributed by atoms with Crippen molar-refractivity contribution in [2.45, 2.75) is 56.9 Å². The first-order valence-corrected chi connectivity index (χ1v) is 11.8. The van der Waals surface area contributed by atoms with Crippen molar-refractivity contribution in [3.8, 4) is 0 Å². The molecule has 1 aliphatic heterocycles. The van der Waals surface area contributed by atoms with Gasteiger partial charge < -0.3 is 19.7 Å². The Labute approximate surface area is 181 Å². The highest BCUT2D eigenvalue weighted by atomic mass is 16.5. The van der Waals surface area contributed by atoms with Gasteiger partial charge in [0.05, 0.1) is 20.1 Å². The van der Waals surface area contributed by atoms with Gasteiger partial charge in [-0.05, 0) is 56.7 Å². The standard InChI is InChI=1S/C25H38N2O3/c1-29-24(28)10-13-27-14-11-25(12-15-27,19-30-17-20-6-5-7-20)18-26-23-16-22(23)21-8-3-2-4-9-21/h2-4,8-9,20,22-23,26H,5-7,10-19H2,1H3/t22-,23+/m0/s1. The molecular weight excluding hydrogens is 376 g/mol. The minimum Gasteiger partial charge on any atom is -0.469 e. The van der Waals surface area contributed by atoms with Crippen molar-refractivity contribution in [2.75, 3.05) is 46.5 Å². The van der Waals surface area contributed by atoms with Crippen LogP contribution < -0.4 is 5.32 Å². The van der Waals surface area contributed by atoms with E-state index in [1.54, 1.807) is 0 Å². The van der Waals surface area contributed by atoms with Crippen LogP contribution in [0.1, 0.15) is 56.4 Å². The molecule has 5 nitrogen and oxygen atoms in total. The molecule has 1 aromatic carbocycles. The van der Waals surface area contributed by atoms with Crippen LogP contribution in [0.15, 0.2) is 30.3 Å². The zero-order valence-electron chi connectivity index (χ0n) is 18.5. The van der Waals surface area contributed by atoms with E-state index < -0.39 is 0 Å². The molecule has 2 aliphatic carbocycles. The van der Waals surface area contributed by atoms with Crippen LogP contribution in [0.4, 0.5) is 0 Å². The van der Waals surface area contributed by atoms with Crippen LogP contribution in [0.5, 0.6) is 0 Å². The van der Waals surface area contributed by atoms with Gasteiger partial charge in [0.25, 0.3) is 0 Å². The Balaban J connectivity index is 1.26. The Hall–Kier alpha value is -1.43. The average Bonchev–Trinajstić information content (AvgIpc) is 3.54. The van der Waals surface area contributed by atoms with Gasteiger partial charge in [-0.25, -0.2) is 0 Å². The number of carbonyl (C=O) groups excluding carboxylic acids is 1. The van der Waals surface area contributed by atoms with Crippen LogP contribution >= 0.6 is 0 Å². The van der Waals surface area contributed by atoms with Crippen molar-refractivity contribution in [2.24, 2.45) is 11.3 Å². The summed E-state index contributed by atoms with van der Waals surface area (Å²) in [5.74, 6) is 1.35. The van der Waals surface area contributed by atoms with Crippen LogP contribution in [-0.2, 0) is 14.3 Å². The molecule has 0 amide bonds. The summed E-state index contributed by atoms with van der Waals surface area (Å²) in [6.45, 7) is 5.72. The number of hydrogen-bond donors (Lipinski definition) is 1. The van der Waals surface area contributed by atoms with Crippen molar-refractivity contribution in [1.29, 1.82) is 0 Å². The first-order chi connectivity index (χ1) is 14.7. The predicted molar refractivity (Wildman–Crippen MR) is 118 cm³/mol. The van der Waals surface area contributed by atoms with Gasteiger partial charge in [-0.3, -0.25) is 4.79 Å². The van der Waals surface area contributed by atoms with E-state index in [1.807, 2.05) is 0 Å². The minimum atomic E-state index is -0.113. The second-order valence-electron chi connectivity index (χ2n) is 9.72. The Bertz CT molecular complexity index is 668. The van der Waals surface area contributed by atoms with E-state index in [1.165, 1.54) is 38.4 Å². The smallest absolute Gasteiger partial charge is 0.306 e. The molecule has 166 valence electrons. The van der Waals surface area contributed by atoms with Crippen LogP contribution in [0.2, 0.25) is 0 Å². The van der Waals surface area contributed by atoms with Gasteiger partial charge in [0.1, 0.15) is 0 Å². The van der Waals surface area contributed by atoms with Crippen LogP contribution in [-0.4, -0.2) is 63.4 Å². The van der Waals surface area contributed by atoms with Crippen molar-refractivity contribution >= 4 is 5.97 Å². The molecule has 0 bridgehead atoms. The molecule has 3 fully saturated rings. The lowest BCUT2D eigenvalue weighted by molar-refractivity contribution is -0.141. The van der Waals surface area contributed by atoms with E-state index in [2.05, 4.69) is 40.5 Å². The van der Waals surface area contributed by atoms with Gasteiger partial charge in [0, 0.05) is 37.1 Å². The van der Waals surface area contributed by atoms with E-state index in [0.717, 1.165) is 58.2 Å². The number of ether oxygens (including phenoxy) is 2. The molecule has 2 atom stereocenters. The summed E-state index contributed by atoms with van der Waals surface area (Å²) in [6.07, 6.45) is 8.05. The highest BCUT2D eigenvalue weighted by Crippen LogP contribution is 2.42. The predicted octanol–water partition coefficient (Wildman–Crippen LogP) is 3.59. The third-order valence-electron chi connectivity index (χ3n) is 7.52. The number of carbonyl (C=O) groups is 1. The Morgan fingerprint density at radius 1 is 1.20 bits per heavy atom. The molecule has 30 heavy (non-hydrogen) atoms. The molecular formula is C25H38N2O3. The lowest BCUT2D eigenvalue weighted by atomic mass is 9.78. The van der Waals surface area contributed by atoms with E-state index in [9.17, 15) is 4.79 Å². The van der Waals surface area contributed by atoms with Crippen LogP contribution in [0.3, 0.4) is 0 Å². The zero-order chi connectivity index (χ0) is 20.8. The fourth-order valence-electron chi connectivity index (χ4n) is 4.91. The lowest BCUT2D eigenvalue weighted by Crippen LogP contribution is -2.48. The second kappa shape index (κ2) is 10.3. The lowest BCUT2D eigenvalue weighted by Gasteiger charge is -2.42. The maximum Gasteiger partial charge on any atom is 0.306 e. The summed E-state index contributed by atoms with van der Waals surface area (Å²) >= 11 is 0. The number of piperidine rings is 1. The molecule has 1 aromatic rings. The number of hydrogen-bond acceptors (Lipinski definition) is 5. The average molecular weight is 415 g/mol. The summed E-state index contributed by atoms with van der Waals surface area (Å²) in [5.41, 5.74) is 1.68. The van der Waals surface area contributed by atoms with E-state index >= 15 is 0 Å². The number of nitrogens with one attached hydrogen (secondary N) is 1. The maximum atomic E-state index is 11.5. The summed E-state index contributed by atoms with van der Waals surface area (Å²) < 4.78 is 11.1. The first-order valence-electron chi connectivity index (χ1n) is 11.8. The quantitative estimate of drug-likeness (QED) is 0.561. The van der Waals surface area contributed by atoms with Gasteiger partial charge >= 0.3 is 5.97 Å². The maximum absolute atomic E-state index is 11.5. The summed E-state index contributed by atoms with van der Waals surface area (Å²) in [6, 6.07) is 11.5. The fourth-order valence-corrected chi connectivity index (χ4v) is 4.91. The molecule has 4 rings (SSSR count). The Kier molecular flexibility index (Phi) is 7.45. The van der Waals surface area contributed by atoms with Gasteiger partial charge in [-0.1, -0.05) is 36.8 Å². The molecule has 1 heterocycles. The molecule has 0 radical (unpaired) electrons. The second-order valence-corrected chi connectivity index (χ2v) is 9.72. The van der Waals surface area contributed by atoms with Crippen LogP contribution in [0, 0.1) is 11.3 Å². The van der Waals surface area contributed by atoms with Gasteiger partial charge in [-0.2, -0.15) is 0 Å². The molecule has 1 N–H and O–H groups in total. The highest BCUT2D eigenvalue weighted by Gasteiger charge is 2.41. The number of likely N-dealkylation sites (tertiary alicyclic amines) is 1. The number of rotatable bonds is 11.